The molecule has 30 heteroatoms. The first-order chi connectivity index (χ1) is 33.3. The Bertz CT molecular complexity index is 1970. The zero-order valence-corrected chi connectivity index (χ0v) is 40.7. The van der Waals surface area contributed by atoms with E-state index in [9.17, 15) is 72.5 Å². The molecule has 0 aliphatic carbocycles. The highest BCUT2D eigenvalue weighted by atomic mass is 32.2. The van der Waals surface area contributed by atoms with Crippen molar-refractivity contribution >= 4 is 93.8 Å². The summed E-state index contributed by atoms with van der Waals surface area (Å²) in [6, 6.07) is -10.0. The monoisotopic (exact) mass is 1030 g/mol. The summed E-state index contributed by atoms with van der Waals surface area (Å²) < 4.78 is 4.82. The Balaban J connectivity index is 3.66. The van der Waals surface area contributed by atoms with Crippen LogP contribution in [0.4, 0.5) is 0 Å². The van der Waals surface area contributed by atoms with Crippen molar-refractivity contribution in [2.24, 2.45) is 28.1 Å². The number of carboxylic acids is 1. The third-order valence-electron chi connectivity index (χ3n) is 9.73. The van der Waals surface area contributed by atoms with E-state index in [4.69, 9.17) is 21.9 Å². The Morgan fingerprint density at radius 2 is 1.35 bits per heavy atom. The molecular weight excluding hydrogens is 963 g/mol. The summed E-state index contributed by atoms with van der Waals surface area (Å²) in [4.78, 5) is 172. The summed E-state index contributed by atoms with van der Waals surface area (Å²) in [7, 11) is 0. The minimum atomic E-state index is -1.87. The van der Waals surface area contributed by atoms with Crippen LogP contribution in [-0.4, -0.2) is 173 Å². The molecule has 0 aromatic heterocycles. The van der Waals surface area contributed by atoms with E-state index >= 15 is 0 Å². The van der Waals surface area contributed by atoms with Crippen LogP contribution in [0.1, 0.15) is 85.5 Å². The van der Waals surface area contributed by atoms with Crippen molar-refractivity contribution in [3.05, 3.63) is 0 Å². The van der Waals surface area contributed by atoms with Crippen LogP contribution in [0.25, 0.3) is 0 Å². The molecular formula is C41H67N13O16S. The summed E-state index contributed by atoms with van der Waals surface area (Å²) in [5, 5.41) is 40.5. The van der Waals surface area contributed by atoms with Crippen LogP contribution in [0, 0.1) is 5.92 Å². The number of nitrogens with one attached hydrogen (secondary N) is 9. The average molecular weight is 1030 g/mol. The van der Waals surface area contributed by atoms with Gasteiger partial charge in [-0.05, 0) is 45.4 Å². The first-order valence-corrected chi connectivity index (χ1v) is 23.5. The summed E-state index contributed by atoms with van der Waals surface area (Å²) in [6.07, 6.45) is -5.12. The van der Waals surface area contributed by atoms with Gasteiger partial charge in [-0.25, -0.2) is 0 Å². The number of nitrogens with zero attached hydrogens (tertiary/aromatic N) is 1. The molecule has 0 bridgehead atoms. The van der Waals surface area contributed by atoms with Gasteiger partial charge in [0.15, 0.2) is 11.1 Å². The first kappa shape index (κ1) is 61.9. The van der Waals surface area contributed by atoms with E-state index in [1.54, 1.807) is 20.8 Å². The Morgan fingerprint density at radius 1 is 0.746 bits per heavy atom. The molecule has 1 rings (SSSR count). The van der Waals surface area contributed by atoms with Crippen molar-refractivity contribution in [3.63, 3.8) is 0 Å². The Morgan fingerprint density at radius 3 is 1.96 bits per heavy atom. The Labute approximate surface area is 412 Å². The fourth-order valence-corrected chi connectivity index (χ4v) is 7.03. The molecule has 0 radical (unpaired) electrons. The molecule has 1 heterocycles. The average Bonchev–Trinajstić information content (AvgIpc) is 3.27. The van der Waals surface area contributed by atoms with Gasteiger partial charge in [0.1, 0.15) is 36.3 Å². The standard InChI is InChI=1S/C41H67N13O16S/c1-5-70-32(62)11-14-71-33(63)10-13-45-35(64)23-8-9-28(57)49-24(15-20(2)3)39(68)54-34(21(4)55)40(69)52-22(7-6-12-46-41(43)44)37(66)53-26(17-31(60)61)36(65)48-18-29(58)47-19-30(59)50-25(16-27(42)56)38(67)51-23/h20-26,34,55H,5-19H2,1-4H3,(H2,42,56)(H,45,64)(H,47,58)(H,48,65)(H,49,57)(H,50,59)(H,51,67)(H,52,69)(H,53,66)(H,54,68)(H,60,61)(H4,43,44,46)/t21-,22+,23?,24+,25?,26+,34?/m1/s1. The third-order valence-corrected chi connectivity index (χ3v) is 10.7. The van der Waals surface area contributed by atoms with Gasteiger partial charge in [-0.2, -0.15) is 0 Å². The van der Waals surface area contributed by atoms with Crippen LogP contribution in [0.15, 0.2) is 4.99 Å². The second-order valence-electron chi connectivity index (χ2n) is 16.3. The molecule has 1 fully saturated rings. The maximum Gasteiger partial charge on any atom is 0.306 e. The largest absolute Gasteiger partial charge is 0.481 e. The lowest BCUT2D eigenvalue weighted by atomic mass is 10.0. The van der Waals surface area contributed by atoms with Gasteiger partial charge >= 0.3 is 11.9 Å². The normalized spacial score (nSPS) is 22.1. The number of thioether (sulfide) groups is 1. The van der Waals surface area contributed by atoms with Gasteiger partial charge < -0.3 is 80.0 Å². The lowest BCUT2D eigenvalue weighted by Crippen LogP contribution is -2.61. The third kappa shape index (κ3) is 26.5. The highest BCUT2D eigenvalue weighted by Crippen LogP contribution is 2.11. The van der Waals surface area contributed by atoms with Gasteiger partial charge in [-0.3, -0.25) is 67.3 Å². The van der Waals surface area contributed by atoms with Crippen molar-refractivity contribution in [3.8, 4) is 0 Å². The molecule has 0 spiro atoms. The van der Waals surface area contributed by atoms with E-state index in [0.717, 1.165) is 18.7 Å². The lowest BCUT2D eigenvalue weighted by Gasteiger charge is -2.28. The van der Waals surface area contributed by atoms with Crippen molar-refractivity contribution in [2.75, 3.05) is 38.5 Å². The molecule has 1 aliphatic rings. The first-order valence-electron chi connectivity index (χ1n) is 22.5. The maximum atomic E-state index is 13.8. The van der Waals surface area contributed by atoms with Gasteiger partial charge in [-0.15, -0.1) is 0 Å². The topological polar surface area (TPSA) is 470 Å². The van der Waals surface area contributed by atoms with E-state index in [1.165, 1.54) is 0 Å². The number of hydrogen-bond donors (Lipinski definition) is 14. The molecule has 0 aromatic rings. The second-order valence-corrected chi connectivity index (χ2v) is 17.5. The fourth-order valence-electron chi connectivity index (χ4n) is 6.29. The number of aliphatic hydroxyl groups is 1. The molecule has 1 aliphatic heterocycles. The lowest BCUT2D eigenvalue weighted by molar-refractivity contribution is -0.143. The summed E-state index contributed by atoms with van der Waals surface area (Å²) >= 11 is 0.814. The molecule has 7 atom stereocenters. The predicted molar refractivity (Wildman–Crippen MR) is 250 cm³/mol. The number of nitrogens with two attached hydrogens (primary N) is 3. The number of carbonyl (C=O) groups excluding carboxylic acids is 12. The number of rotatable bonds is 19. The number of aliphatic carboxylic acids is 1. The molecule has 17 N–H and O–H groups in total. The van der Waals surface area contributed by atoms with Crippen molar-refractivity contribution in [1.29, 1.82) is 0 Å². The summed E-state index contributed by atoms with van der Waals surface area (Å²) in [6.45, 7) is 4.22. The SMILES string of the molecule is CCOC(=O)CCSC(=O)CCNC(=O)C1CCC(=O)N[C@@H](CC(C)C)C(=O)NC([C@@H](C)O)C(=O)N[C@@H](CCCN=C(N)N)C(=O)N[C@@H](CC(=O)O)C(=O)NCC(=O)NCC(=O)NC(CC(N)=O)C(=O)N1. The van der Waals surface area contributed by atoms with E-state index in [-0.39, 0.29) is 69.4 Å². The number of ether oxygens (including phenoxy) is 1. The number of aliphatic imine (C=N–C) groups is 1. The number of guanidine groups is 1. The fraction of sp³-hybridized carbons (Fsp3) is 0.659. The molecule has 0 aromatic carbocycles. The van der Waals surface area contributed by atoms with E-state index in [1.807, 2.05) is 0 Å². The molecule has 0 saturated carbocycles. The minimum Gasteiger partial charge on any atom is -0.481 e. The number of aliphatic hydroxyl groups excluding tert-OH is 1. The van der Waals surface area contributed by atoms with Crippen LogP contribution < -0.4 is 65.1 Å². The number of carbonyl (C=O) groups is 13. The smallest absolute Gasteiger partial charge is 0.306 e. The van der Waals surface area contributed by atoms with E-state index in [0.29, 0.717) is 0 Å². The van der Waals surface area contributed by atoms with Gasteiger partial charge in [-0.1, -0.05) is 25.6 Å². The number of esters is 1. The van der Waals surface area contributed by atoms with E-state index in [2.05, 4.69) is 52.8 Å². The summed E-state index contributed by atoms with van der Waals surface area (Å²) in [5.74, 6) is -13.2. The number of amides is 10. The zero-order chi connectivity index (χ0) is 53.8. The Kier molecular flexibility index (Phi) is 28.5. The van der Waals surface area contributed by atoms with Gasteiger partial charge in [0, 0.05) is 31.7 Å². The van der Waals surface area contributed by atoms with Gasteiger partial charge in [0.2, 0.25) is 59.1 Å². The second kappa shape index (κ2) is 32.7. The van der Waals surface area contributed by atoms with Crippen molar-refractivity contribution < 1.29 is 77.3 Å². The molecule has 10 amide bonds. The van der Waals surface area contributed by atoms with Crippen LogP contribution in [0.5, 0.6) is 0 Å². The van der Waals surface area contributed by atoms with Crippen LogP contribution in [0.3, 0.4) is 0 Å². The minimum absolute atomic E-state index is 0.0160. The number of carboxylic acid groups (broad SMARTS) is 1. The number of primary amides is 1. The Hall–Kier alpha value is -7.11. The van der Waals surface area contributed by atoms with Gasteiger partial charge in [0.05, 0.1) is 45.1 Å². The van der Waals surface area contributed by atoms with Crippen LogP contribution in [0.2, 0.25) is 0 Å². The zero-order valence-electron chi connectivity index (χ0n) is 39.9. The molecule has 1 saturated heterocycles. The van der Waals surface area contributed by atoms with Gasteiger partial charge in [0.25, 0.3) is 0 Å². The molecule has 29 nitrogen and oxygen atoms in total. The molecule has 71 heavy (non-hydrogen) atoms. The number of hydrogen-bond acceptors (Lipinski definition) is 17. The predicted octanol–water partition coefficient (Wildman–Crippen LogP) is -6.53. The van der Waals surface area contributed by atoms with Crippen molar-refractivity contribution in [2.45, 2.75) is 128 Å². The van der Waals surface area contributed by atoms with Crippen LogP contribution >= 0.6 is 11.8 Å². The van der Waals surface area contributed by atoms with E-state index < -0.39 is 157 Å². The maximum absolute atomic E-state index is 13.8. The quantitative estimate of drug-likeness (QED) is 0.0248. The molecule has 3 unspecified atom stereocenters. The molecule has 398 valence electrons. The highest BCUT2D eigenvalue weighted by Gasteiger charge is 2.35. The van der Waals surface area contributed by atoms with Crippen LogP contribution in [-0.2, 0) is 67.1 Å². The summed E-state index contributed by atoms with van der Waals surface area (Å²) in [5.41, 5.74) is 16.1. The van der Waals surface area contributed by atoms with Crippen molar-refractivity contribution in [1.82, 2.24) is 47.9 Å². The highest BCUT2D eigenvalue weighted by molar-refractivity contribution is 8.13.